The van der Waals surface area contributed by atoms with Crippen molar-refractivity contribution < 1.29 is 9.26 Å². The number of ether oxygens (including phenoxy) is 1. The summed E-state index contributed by atoms with van der Waals surface area (Å²) in [6, 6.07) is 5.77. The van der Waals surface area contributed by atoms with Crippen molar-refractivity contribution in [2.24, 2.45) is 0 Å². The SMILES string of the molecule is Cc1noc([C@@H]2CC[C@H](CNCc3cnc4ccc(C#N)cn34)O2)n1. The van der Waals surface area contributed by atoms with Gasteiger partial charge >= 0.3 is 0 Å². The van der Waals surface area contributed by atoms with Crippen molar-refractivity contribution in [3.8, 4) is 6.07 Å². The van der Waals surface area contributed by atoms with E-state index in [2.05, 4.69) is 26.5 Å². The van der Waals surface area contributed by atoms with E-state index in [-0.39, 0.29) is 12.2 Å². The van der Waals surface area contributed by atoms with Gasteiger partial charge in [-0.15, -0.1) is 0 Å². The Morgan fingerprint density at radius 1 is 1.40 bits per heavy atom. The molecule has 1 saturated heterocycles. The largest absolute Gasteiger partial charge is 0.364 e. The van der Waals surface area contributed by atoms with E-state index >= 15 is 0 Å². The highest BCUT2D eigenvalue weighted by atomic mass is 16.5. The number of hydrogen-bond donors (Lipinski definition) is 1. The molecular weight excluding hydrogens is 320 g/mol. The lowest BCUT2D eigenvalue weighted by Gasteiger charge is -2.12. The van der Waals surface area contributed by atoms with E-state index in [9.17, 15) is 0 Å². The van der Waals surface area contributed by atoms with Crippen molar-refractivity contribution in [1.29, 1.82) is 5.26 Å². The van der Waals surface area contributed by atoms with Crippen LogP contribution in [0.1, 0.15) is 41.9 Å². The predicted octanol–water partition coefficient (Wildman–Crippen LogP) is 1.91. The van der Waals surface area contributed by atoms with Crippen LogP contribution in [-0.2, 0) is 11.3 Å². The van der Waals surface area contributed by atoms with Gasteiger partial charge in [0.05, 0.1) is 23.6 Å². The quantitative estimate of drug-likeness (QED) is 0.758. The Hall–Kier alpha value is -2.76. The lowest BCUT2D eigenvalue weighted by Crippen LogP contribution is -2.26. The Bertz CT molecular complexity index is 925. The molecule has 1 N–H and O–H groups in total. The van der Waals surface area contributed by atoms with Crippen molar-refractivity contribution in [3.05, 3.63) is 47.5 Å². The minimum atomic E-state index is -0.109. The van der Waals surface area contributed by atoms with Crippen LogP contribution in [0.4, 0.5) is 0 Å². The molecule has 0 radical (unpaired) electrons. The maximum Gasteiger partial charge on any atom is 0.255 e. The summed E-state index contributed by atoms with van der Waals surface area (Å²) in [5, 5.41) is 16.2. The minimum absolute atomic E-state index is 0.109. The molecule has 8 nitrogen and oxygen atoms in total. The Kier molecular flexibility index (Phi) is 4.17. The van der Waals surface area contributed by atoms with Gasteiger partial charge in [-0.25, -0.2) is 4.98 Å². The molecule has 0 aliphatic carbocycles. The topological polar surface area (TPSA) is 101 Å². The molecule has 0 unspecified atom stereocenters. The number of nitrogens with zero attached hydrogens (tertiary/aromatic N) is 5. The number of rotatable bonds is 5. The van der Waals surface area contributed by atoms with E-state index in [1.165, 1.54) is 0 Å². The highest BCUT2D eigenvalue weighted by Crippen LogP contribution is 2.31. The van der Waals surface area contributed by atoms with Gasteiger partial charge in [-0.2, -0.15) is 10.2 Å². The number of aryl methyl sites for hydroxylation is 1. The van der Waals surface area contributed by atoms with Crippen LogP contribution in [0.15, 0.2) is 29.0 Å². The zero-order valence-electron chi connectivity index (χ0n) is 13.8. The number of hydrogen-bond acceptors (Lipinski definition) is 7. The zero-order chi connectivity index (χ0) is 17.2. The Balaban J connectivity index is 1.33. The van der Waals surface area contributed by atoms with Gasteiger partial charge in [-0.05, 0) is 31.9 Å². The first-order valence-electron chi connectivity index (χ1n) is 8.25. The van der Waals surface area contributed by atoms with Crippen molar-refractivity contribution in [1.82, 2.24) is 24.8 Å². The summed E-state index contributed by atoms with van der Waals surface area (Å²) in [6.45, 7) is 3.18. The Morgan fingerprint density at radius 3 is 3.12 bits per heavy atom. The molecule has 4 rings (SSSR count). The molecule has 0 spiro atoms. The van der Waals surface area contributed by atoms with Gasteiger partial charge in [-0.1, -0.05) is 5.16 Å². The molecule has 8 heteroatoms. The molecule has 1 aliphatic heterocycles. The van der Waals surface area contributed by atoms with Gasteiger partial charge in [0.15, 0.2) is 5.82 Å². The molecule has 3 aromatic heterocycles. The van der Waals surface area contributed by atoms with E-state index in [0.29, 0.717) is 23.8 Å². The highest BCUT2D eigenvalue weighted by Gasteiger charge is 2.30. The Morgan fingerprint density at radius 2 is 2.32 bits per heavy atom. The maximum atomic E-state index is 9.03. The lowest BCUT2D eigenvalue weighted by atomic mass is 10.2. The summed E-state index contributed by atoms with van der Waals surface area (Å²) in [5.41, 5.74) is 2.46. The van der Waals surface area contributed by atoms with Crippen LogP contribution in [0.2, 0.25) is 0 Å². The molecular formula is C17H18N6O2. The second-order valence-corrected chi connectivity index (χ2v) is 6.14. The molecule has 0 amide bonds. The van der Waals surface area contributed by atoms with Crippen LogP contribution in [-0.4, -0.2) is 32.2 Å². The monoisotopic (exact) mass is 338 g/mol. The van der Waals surface area contributed by atoms with E-state index < -0.39 is 0 Å². The van der Waals surface area contributed by atoms with Crippen molar-refractivity contribution in [3.63, 3.8) is 0 Å². The smallest absolute Gasteiger partial charge is 0.255 e. The molecule has 128 valence electrons. The number of pyridine rings is 1. The average molecular weight is 338 g/mol. The fourth-order valence-corrected chi connectivity index (χ4v) is 3.07. The lowest BCUT2D eigenvalue weighted by molar-refractivity contribution is 0.0263. The summed E-state index contributed by atoms with van der Waals surface area (Å²) >= 11 is 0. The van der Waals surface area contributed by atoms with Crippen molar-refractivity contribution in [2.45, 2.75) is 38.5 Å². The molecule has 4 heterocycles. The van der Waals surface area contributed by atoms with Crippen molar-refractivity contribution in [2.75, 3.05) is 6.54 Å². The number of nitriles is 1. The average Bonchev–Trinajstić information content (AvgIpc) is 3.34. The van der Waals surface area contributed by atoms with Gasteiger partial charge in [0.2, 0.25) is 0 Å². The maximum absolute atomic E-state index is 9.03. The molecule has 0 bridgehead atoms. The van der Waals surface area contributed by atoms with Crippen LogP contribution < -0.4 is 5.32 Å². The van der Waals surface area contributed by atoms with Gasteiger partial charge in [0.1, 0.15) is 17.8 Å². The van der Waals surface area contributed by atoms with Gasteiger partial charge in [-0.3, -0.25) is 0 Å². The fraction of sp³-hybridized carbons (Fsp3) is 0.412. The molecule has 25 heavy (non-hydrogen) atoms. The van der Waals surface area contributed by atoms with Crippen LogP contribution in [0, 0.1) is 18.3 Å². The number of nitrogens with one attached hydrogen (secondary N) is 1. The molecule has 0 aromatic carbocycles. The second kappa shape index (κ2) is 6.63. The first-order valence-corrected chi connectivity index (χ1v) is 8.25. The number of fused-ring (bicyclic) bond motifs is 1. The summed E-state index contributed by atoms with van der Waals surface area (Å²) < 4.78 is 13.1. The molecule has 3 aromatic rings. The van der Waals surface area contributed by atoms with E-state index in [1.54, 1.807) is 19.2 Å². The number of aromatic nitrogens is 4. The van der Waals surface area contributed by atoms with Gasteiger partial charge in [0.25, 0.3) is 5.89 Å². The normalized spacial score (nSPS) is 20.2. The third-order valence-electron chi connectivity index (χ3n) is 4.32. The second-order valence-electron chi connectivity index (χ2n) is 6.14. The van der Waals surface area contributed by atoms with Crippen LogP contribution in [0.5, 0.6) is 0 Å². The molecule has 1 fully saturated rings. The third kappa shape index (κ3) is 3.24. The minimum Gasteiger partial charge on any atom is -0.364 e. The van der Waals surface area contributed by atoms with E-state index in [4.69, 9.17) is 14.5 Å². The first-order chi connectivity index (χ1) is 12.2. The van der Waals surface area contributed by atoms with Gasteiger partial charge in [0, 0.05) is 19.3 Å². The molecule has 1 aliphatic rings. The summed E-state index contributed by atoms with van der Waals surface area (Å²) in [4.78, 5) is 8.59. The van der Waals surface area contributed by atoms with Gasteiger partial charge < -0.3 is 19.0 Å². The third-order valence-corrected chi connectivity index (χ3v) is 4.32. The Labute approximate surface area is 144 Å². The van der Waals surface area contributed by atoms with E-state index in [1.807, 2.05) is 16.7 Å². The molecule has 0 saturated carbocycles. The molecule has 2 atom stereocenters. The van der Waals surface area contributed by atoms with Crippen LogP contribution >= 0.6 is 0 Å². The van der Waals surface area contributed by atoms with E-state index in [0.717, 1.165) is 30.7 Å². The number of imidazole rings is 1. The summed E-state index contributed by atoms with van der Waals surface area (Å²) in [7, 11) is 0. The van der Waals surface area contributed by atoms with Crippen LogP contribution in [0.25, 0.3) is 5.65 Å². The highest BCUT2D eigenvalue weighted by molar-refractivity contribution is 5.44. The fourth-order valence-electron chi connectivity index (χ4n) is 3.07. The standard InChI is InChI=1S/C17H18N6O2/c1-11-21-17(25-22-11)15-4-3-14(24-15)9-19-7-13-8-20-16-5-2-12(6-18)10-23(13)16/h2,5,8,10,14-15,19H,3-4,7,9H2,1H3/t14-,15+/m1/s1. The van der Waals surface area contributed by atoms with Crippen molar-refractivity contribution >= 4 is 5.65 Å². The van der Waals surface area contributed by atoms with Crippen LogP contribution in [0.3, 0.4) is 0 Å². The first kappa shape index (κ1) is 15.7. The summed E-state index contributed by atoms with van der Waals surface area (Å²) in [5.74, 6) is 1.19. The summed E-state index contributed by atoms with van der Waals surface area (Å²) in [6.07, 6.45) is 5.47. The zero-order valence-corrected chi connectivity index (χ0v) is 13.8. The predicted molar refractivity (Wildman–Crippen MR) is 87.5 cm³/mol.